The number of aromatic nitrogens is 1. The molecule has 0 fully saturated rings. The lowest BCUT2D eigenvalue weighted by Gasteiger charge is -2.03. The molecule has 0 aromatic carbocycles. The molecular weight excluding hydrogens is 180 g/mol. The Balaban J connectivity index is 2.59. The molecular formula is C9H12N4O. The molecule has 0 spiro atoms. The summed E-state index contributed by atoms with van der Waals surface area (Å²) >= 11 is 0. The first-order valence-electron chi connectivity index (χ1n) is 4.42. The molecule has 0 aliphatic heterocycles. The third kappa shape index (κ3) is 2.95. The third-order valence-corrected chi connectivity index (χ3v) is 1.87. The summed E-state index contributed by atoms with van der Waals surface area (Å²) in [4.78, 5) is 14.0. The standard InChI is InChI=1S/C9H12N4O/c1-8-3-6-13(9(14)7-8)5-2-4-11-12-10/h3,6-7H,2,4-5H2,1H3. The predicted molar refractivity (Wildman–Crippen MR) is 54.1 cm³/mol. The molecule has 0 unspecified atom stereocenters. The van der Waals surface area contributed by atoms with Gasteiger partial charge in [0.25, 0.3) is 5.56 Å². The van der Waals surface area contributed by atoms with Gasteiger partial charge in [-0.3, -0.25) is 4.79 Å². The summed E-state index contributed by atoms with van der Waals surface area (Å²) in [7, 11) is 0. The van der Waals surface area contributed by atoms with Gasteiger partial charge in [0.2, 0.25) is 0 Å². The second-order valence-electron chi connectivity index (χ2n) is 3.04. The molecule has 0 amide bonds. The first-order chi connectivity index (χ1) is 6.74. The smallest absolute Gasteiger partial charge is 0.250 e. The zero-order valence-corrected chi connectivity index (χ0v) is 8.05. The molecule has 14 heavy (non-hydrogen) atoms. The van der Waals surface area contributed by atoms with E-state index >= 15 is 0 Å². The largest absolute Gasteiger partial charge is 0.316 e. The van der Waals surface area contributed by atoms with Crippen LogP contribution in [-0.4, -0.2) is 11.1 Å². The Bertz CT molecular complexity index is 404. The van der Waals surface area contributed by atoms with Crippen LogP contribution in [-0.2, 0) is 6.54 Å². The van der Waals surface area contributed by atoms with Crippen LogP contribution in [0.15, 0.2) is 28.2 Å². The van der Waals surface area contributed by atoms with Gasteiger partial charge < -0.3 is 4.57 Å². The lowest BCUT2D eigenvalue weighted by molar-refractivity contribution is 0.628. The van der Waals surface area contributed by atoms with E-state index in [1.54, 1.807) is 16.8 Å². The summed E-state index contributed by atoms with van der Waals surface area (Å²) < 4.78 is 1.61. The van der Waals surface area contributed by atoms with Gasteiger partial charge in [0.15, 0.2) is 0 Å². The number of hydrogen-bond donors (Lipinski definition) is 0. The van der Waals surface area contributed by atoms with Crippen LogP contribution in [0.3, 0.4) is 0 Å². The minimum atomic E-state index is -0.00839. The number of rotatable bonds is 4. The molecule has 1 aromatic rings. The van der Waals surface area contributed by atoms with Crippen molar-refractivity contribution in [1.29, 1.82) is 0 Å². The fourth-order valence-electron chi connectivity index (χ4n) is 1.15. The number of nitrogens with zero attached hydrogens (tertiary/aromatic N) is 4. The highest BCUT2D eigenvalue weighted by molar-refractivity contribution is 5.07. The number of azide groups is 1. The average molecular weight is 192 g/mol. The van der Waals surface area contributed by atoms with Crippen LogP contribution in [0.2, 0.25) is 0 Å². The normalized spacial score (nSPS) is 9.50. The zero-order valence-electron chi connectivity index (χ0n) is 8.05. The number of aryl methyl sites for hydroxylation is 2. The molecule has 1 heterocycles. The third-order valence-electron chi connectivity index (χ3n) is 1.87. The van der Waals surface area contributed by atoms with Crippen molar-refractivity contribution >= 4 is 0 Å². The lowest BCUT2D eigenvalue weighted by atomic mass is 10.3. The van der Waals surface area contributed by atoms with E-state index in [0.29, 0.717) is 19.5 Å². The molecule has 0 saturated heterocycles. The first kappa shape index (κ1) is 10.3. The van der Waals surface area contributed by atoms with Crippen molar-refractivity contribution in [2.24, 2.45) is 5.11 Å². The Labute approximate surface area is 81.6 Å². The van der Waals surface area contributed by atoms with Crippen molar-refractivity contribution in [1.82, 2.24) is 4.57 Å². The summed E-state index contributed by atoms with van der Waals surface area (Å²) in [5.74, 6) is 0. The fraction of sp³-hybridized carbons (Fsp3) is 0.444. The van der Waals surface area contributed by atoms with Crippen molar-refractivity contribution in [3.05, 3.63) is 44.7 Å². The van der Waals surface area contributed by atoms with Crippen LogP contribution in [0.4, 0.5) is 0 Å². The van der Waals surface area contributed by atoms with E-state index in [1.807, 2.05) is 13.0 Å². The SMILES string of the molecule is Cc1ccn(CCCN=[N+]=[N-])c(=O)c1. The Morgan fingerprint density at radius 2 is 2.43 bits per heavy atom. The highest BCUT2D eigenvalue weighted by Gasteiger charge is 1.94. The molecule has 74 valence electrons. The molecule has 5 heteroatoms. The summed E-state index contributed by atoms with van der Waals surface area (Å²) in [5.41, 5.74) is 9.00. The maximum absolute atomic E-state index is 11.4. The van der Waals surface area contributed by atoms with Gasteiger partial charge in [0.05, 0.1) is 0 Å². The molecule has 0 N–H and O–H groups in total. The maximum atomic E-state index is 11.4. The minimum Gasteiger partial charge on any atom is -0.316 e. The monoisotopic (exact) mass is 192 g/mol. The number of hydrogen-bond acceptors (Lipinski definition) is 2. The molecule has 0 atom stereocenters. The van der Waals surface area contributed by atoms with Crippen LogP contribution < -0.4 is 5.56 Å². The van der Waals surface area contributed by atoms with Gasteiger partial charge >= 0.3 is 0 Å². The van der Waals surface area contributed by atoms with Crippen molar-refractivity contribution in [3.8, 4) is 0 Å². The van der Waals surface area contributed by atoms with Crippen molar-refractivity contribution in [2.45, 2.75) is 19.9 Å². The second-order valence-corrected chi connectivity index (χ2v) is 3.04. The number of pyridine rings is 1. The lowest BCUT2D eigenvalue weighted by Crippen LogP contribution is -2.18. The van der Waals surface area contributed by atoms with Crippen LogP contribution in [0, 0.1) is 6.92 Å². The van der Waals surface area contributed by atoms with E-state index in [1.165, 1.54) is 0 Å². The first-order valence-corrected chi connectivity index (χ1v) is 4.42. The molecule has 5 nitrogen and oxygen atoms in total. The summed E-state index contributed by atoms with van der Waals surface area (Å²) in [6.07, 6.45) is 2.45. The van der Waals surface area contributed by atoms with Gasteiger partial charge in [-0.05, 0) is 30.5 Å². The molecule has 1 aromatic heterocycles. The van der Waals surface area contributed by atoms with Crippen molar-refractivity contribution in [2.75, 3.05) is 6.54 Å². The van der Waals surface area contributed by atoms with Crippen LogP contribution in [0.5, 0.6) is 0 Å². The minimum absolute atomic E-state index is 0.00839. The van der Waals surface area contributed by atoms with Crippen LogP contribution >= 0.6 is 0 Å². The fourth-order valence-corrected chi connectivity index (χ4v) is 1.15. The Morgan fingerprint density at radius 1 is 1.64 bits per heavy atom. The molecule has 0 radical (unpaired) electrons. The maximum Gasteiger partial charge on any atom is 0.250 e. The van der Waals surface area contributed by atoms with Gasteiger partial charge in [-0.1, -0.05) is 5.11 Å². The molecule has 0 saturated carbocycles. The van der Waals surface area contributed by atoms with E-state index in [-0.39, 0.29) is 5.56 Å². The van der Waals surface area contributed by atoms with Crippen molar-refractivity contribution in [3.63, 3.8) is 0 Å². The van der Waals surface area contributed by atoms with Crippen LogP contribution in [0.1, 0.15) is 12.0 Å². The Kier molecular flexibility index (Phi) is 3.76. The van der Waals surface area contributed by atoms with Crippen LogP contribution in [0.25, 0.3) is 10.4 Å². The van der Waals surface area contributed by atoms with Gasteiger partial charge in [0, 0.05) is 30.3 Å². The van der Waals surface area contributed by atoms with Gasteiger partial charge in [-0.2, -0.15) is 0 Å². The van der Waals surface area contributed by atoms with E-state index in [2.05, 4.69) is 10.0 Å². The van der Waals surface area contributed by atoms with E-state index in [9.17, 15) is 4.79 Å². The second kappa shape index (κ2) is 5.09. The predicted octanol–water partition coefficient (Wildman–Crippen LogP) is 1.86. The summed E-state index contributed by atoms with van der Waals surface area (Å²) in [5, 5.41) is 3.40. The highest BCUT2D eigenvalue weighted by Crippen LogP contribution is 1.93. The van der Waals surface area contributed by atoms with E-state index in [4.69, 9.17) is 5.53 Å². The quantitative estimate of drug-likeness (QED) is 0.310. The van der Waals surface area contributed by atoms with Gasteiger partial charge in [-0.25, -0.2) is 0 Å². The zero-order chi connectivity index (χ0) is 10.4. The summed E-state index contributed by atoms with van der Waals surface area (Å²) in [6, 6.07) is 3.47. The average Bonchev–Trinajstić information content (AvgIpc) is 2.15. The molecule has 0 bridgehead atoms. The highest BCUT2D eigenvalue weighted by atomic mass is 16.1. The molecule has 0 aliphatic rings. The van der Waals surface area contributed by atoms with Gasteiger partial charge in [0.1, 0.15) is 0 Å². The Morgan fingerprint density at radius 3 is 3.07 bits per heavy atom. The molecule has 0 aliphatic carbocycles. The Hall–Kier alpha value is -1.74. The van der Waals surface area contributed by atoms with Gasteiger partial charge in [-0.15, -0.1) is 0 Å². The van der Waals surface area contributed by atoms with Crippen molar-refractivity contribution < 1.29 is 0 Å². The summed E-state index contributed by atoms with van der Waals surface area (Å²) in [6.45, 7) is 2.90. The molecule has 1 rings (SSSR count). The van der Waals surface area contributed by atoms with E-state index in [0.717, 1.165) is 5.56 Å². The topological polar surface area (TPSA) is 70.8 Å². The van der Waals surface area contributed by atoms with E-state index < -0.39 is 0 Å².